The van der Waals surface area contributed by atoms with Crippen molar-refractivity contribution in [3.63, 3.8) is 0 Å². The lowest BCUT2D eigenvalue weighted by Gasteiger charge is -2.19. The Morgan fingerprint density at radius 3 is 1.74 bits per heavy atom. The quantitative estimate of drug-likeness (QED) is 0.0300. The van der Waals surface area contributed by atoms with Crippen LogP contribution in [0.5, 0.6) is 0 Å². The lowest BCUT2D eigenvalue weighted by atomic mass is 10.0. The van der Waals surface area contributed by atoms with E-state index in [1.165, 1.54) is 64.2 Å². The van der Waals surface area contributed by atoms with Gasteiger partial charge in [0.1, 0.15) is 6.61 Å². The van der Waals surface area contributed by atoms with Crippen LogP contribution in [0.1, 0.15) is 142 Å². The van der Waals surface area contributed by atoms with Crippen LogP contribution in [0, 0.1) is 0 Å². The highest BCUT2D eigenvalue weighted by Gasteiger charge is 2.25. The number of phosphoric acid groups is 1. The molecule has 0 rings (SSSR count). The first-order chi connectivity index (χ1) is 22.8. The topological polar surface area (TPSA) is 134 Å². The molecule has 0 aromatic carbocycles. The fourth-order valence-electron chi connectivity index (χ4n) is 4.62. The Bertz CT molecular complexity index is 918. The number of allylic oxidation sites excluding steroid dienone is 8. The lowest BCUT2D eigenvalue weighted by molar-refractivity contribution is -0.161. The predicted molar refractivity (Wildman–Crippen MR) is 192 cm³/mol. The number of ether oxygens (including phenoxy) is 2. The van der Waals surface area contributed by atoms with Crippen LogP contribution in [0.15, 0.2) is 48.6 Å². The zero-order valence-corrected chi connectivity index (χ0v) is 30.4. The van der Waals surface area contributed by atoms with Gasteiger partial charge in [0.15, 0.2) is 6.10 Å². The highest BCUT2D eigenvalue weighted by molar-refractivity contribution is 7.47. The van der Waals surface area contributed by atoms with Crippen molar-refractivity contribution in [3.05, 3.63) is 48.6 Å². The molecular weight excluding hydrogens is 617 g/mol. The summed E-state index contributed by atoms with van der Waals surface area (Å²) in [4.78, 5) is 34.6. The van der Waals surface area contributed by atoms with Crippen LogP contribution in [-0.4, -0.2) is 49.3 Å². The minimum Gasteiger partial charge on any atom is -0.462 e. The number of rotatable bonds is 33. The average Bonchev–Trinajstić information content (AvgIpc) is 3.05. The van der Waals surface area contributed by atoms with Crippen LogP contribution < -0.4 is 5.73 Å². The Kier molecular flexibility index (Phi) is 32.4. The number of unbranched alkanes of at least 4 members (excludes halogenated alkanes) is 13. The molecule has 0 aliphatic carbocycles. The SMILES string of the molecule is C/C=C\C/C=C\C/C=C\C/C=C\CCCC(=O)O[C@H](COC(=O)CCCCCCCCCCCCCCC)COP(=O)(O)OCCN. The predicted octanol–water partition coefficient (Wildman–Crippen LogP) is 9.60. The van der Waals surface area contributed by atoms with Crippen LogP contribution in [0.2, 0.25) is 0 Å². The first-order valence-electron chi connectivity index (χ1n) is 18.1. The summed E-state index contributed by atoms with van der Waals surface area (Å²) in [6.45, 7) is 3.41. The number of esters is 2. The largest absolute Gasteiger partial charge is 0.472 e. The van der Waals surface area contributed by atoms with Gasteiger partial charge in [-0.05, 0) is 45.4 Å². The summed E-state index contributed by atoms with van der Waals surface area (Å²) in [7, 11) is -4.38. The van der Waals surface area contributed by atoms with Gasteiger partial charge in [0.25, 0.3) is 0 Å². The number of carbonyl (C=O) groups excluding carboxylic acids is 2. The van der Waals surface area contributed by atoms with E-state index in [4.69, 9.17) is 24.3 Å². The normalized spacial score (nSPS) is 14.0. The Hall–Kier alpha value is -2.03. The van der Waals surface area contributed by atoms with Crippen molar-refractivity contribution < 1.29 is 37.6 Å². The summed E-state index contributed by atoms with van der Waals surface area (Å²) in [6, 6.07) is 0. The molecule has 0 aromatic rings. The zero-order valence-electron chi connectivity index (χ0n) is 29.5. The Balaban J connectivity index is 4.33. The van der Waals surface area contributed by atoms with Crippen molar-refractivity contribution in [2.24, 2.45) is 5.73 Å². The van der Waals surface area contributed by atoms with Crippen molar-refractivity contribution in [2.45, 2.75) is 148 Å². The highest BCUT2D eigenvalue weighted by Crippen LogP contribution is 2.43. The molecule has 0 saturated heterocycles. The van der Waals surface area contributed by atoms with E-state index in [1.807, 2.05) is 19.1 Å². The fourth-order valence-corrected chi connectivity index (χ4v) is 5.39. The van der Waals surface area contributed by atoms with Gasteiger partial charge < -0.3 is 20.1 Å². The van der Waals surface area contributed by atoms with E-state index in [-0.39, 0.29) is 32.6 Å². The van der Waals surface area contributed by atoms with Crippen LogP contribution >= 0.6 is 7.82 Å². The van der Waals surface area contributed by atoms with Gasteiger partial charge in [0, 0.05) is 19.4 Å². The summed E-state index contributed by atoms with van der Waals surface area (Å²) in [5, 5.41) is 0. The Morgan fingerprint density at radius 1 is 0.681 bits per heavy atom. The molecule has 0 saturated carbocycles. The summed E-state index contributed by atoms with van der Waals surface area (Å²) in [6.07, 6.45) is 35.9. The fraction of sp³-hybridized carbons (Fsp3) is 0.730. The second kappa shape index (κ2) is 33.9. The van der Waals surface area contributed by atoms with Gasteiger partial charge in [-0.1, -0.05) is 133 Å². The smallest absolute Gasteiger partial charge is 0.462 e. The van der Waals surface area contributed by atoms with Gasteiger partial charge in [-0.3, -0.25) is 18.6 Å². The van der Waals surface area contributed by atoms with Crippen LogP contribution in [-0.2, 0) is 32.7 Å². The second-order valence-corrected chi connectivity index (χ2v) is 13.2. The van der Waals surface area contributed by atoms with E-state index in [9.17, 15) is 19.0 Å². The van der Waals surface area contributed by atoms with Crippen LogP contribution in [0.4, 0.5) is 0 Å². The molecule has 0 fully saturated rings. The molecule has 3 N–H and O–H groups in total. The van der Waals surface area contributed by atoms with Crippen LogP contribution in [0.25, 0.3) is 0 Å². The molecule has 2 atom stereocenters. The third-order valence-electron chi connectivity index (χ3n) is 7.31. The van der Waals surface area contributed by atoms with E-state index in [0.29, 0.717) is 12.8 Å². The maximum absolute atomic E-state index is 12.5. The molecule has 0 spiro atoms. The molecule has 10 heteroatoms. The molecule has 0 heterocycles. The van der Waals surface area contributed by atoms with E-state index < -0.39 is 32.5 Å². The standard InChI is InChI=1S/C37H66NO8P/c1-3-5-7-9-11-13-15-17-19-21-23-25-27-29-36(39)43-33-35(34-45-47(41,42)44-32-31-38)46-37(40)30-28-26-24-22-20-18-16-14-12-10-8-6-4-2/h4,6,10,12,16,18,22,24,35H,3,5,7-9,11,13-15,17,19-21,23,25-34,38H2,1-2H3,(H,41,42)/b6-4-,12-10-,18-16-,24-22-/t35-/m1/s1. The minimum atomic E-state index is -4.38. The maximum atomic E-state index is 12.5. The molecule has 0 aliphatic rings. The lowest BCUT2D eigenvalue weighted by Crippen LogP contribution is -2.29. The van der Waals surface area contributed by atoms with Crippen molar-refractivity contribution in [3.8, 4) is 0 Å². The number of hydrogen-bond donors (Lipinski definition) is 2. The van der Waals surface area contributed by atoms with E-state index >= 15 is 0 Å². The number of carbonyl (C=O) groups is 2. The number of nitrogens with two attached hydrogens (primary N) is 1. The van der Waals surface area contributed by atoms with Gasteiger partial charge in [0.2, 0.25) is 0 Å². The summed E-state index contributed by atoms with van der Waals surface area (Å²) in [5.74, 6) is -0.899. The highest BCUT2D eigenvalue weighted by atomic mass is 31.2. The number of phosphoric ester groups is 1. The molecular formula is C37H66NO8P. The monoisotopic (exact) mass is 683 g/mol. The third kappa shape index (κ3) is 33.7. The van der Waals surface area contributed by atoms with Gasteiger partial charge in [0.05, 0.1) is 13.2 Å². The van der Waals surface area contributed by atoms with Gasteiger partial charge in [-0.2, -0.15) is 0 Å². The maximum Gasteiger partial charge on any atom is 0.472 e. The molecule has 0 bridgehead atoms. The van der Waals surface area contributed by atoms with E-state index in [2.05, 4.69) is 43.4 Å². The molecule has 9 nitrogen and oxygen atoms in total. The van der Waals surface area contributed by atoms with E-state index in [0.717, 1.165) is 38.5 Å². The first kappa shape index (κ1) is 45.0. The molecule has 0 aromatic heterocycles. The van der Waals surface area contributed by atoms with Gasteiger partial charge in [-0.15, -0.1) is 0 Å². The summed E-state index contributed by atoms with van der Waals surface area (Å²) >= 11 is 0. The second-order valence-electron chi connectivity index (χ2n) is 11.8. The first-order valence-corrected chi connectivity index (χ1v) is 19.6. The Labute approximate surface area is 286 Å². The summed E-state index contributed by atoms with van der Waals surface area (Å²) < 4.78 is 32.5. The molecule has 0 aliphatic heterocycles. The average molecular weight is 684 g/mol. The van der Waals surface area contributed by atoms with E-state index in [1.54, 1.807) is 0 Å². The molecule has 0 radical (unpaired) electrons. The number of hydrogen-bond acceptors (Lipinski definition) is 8. The van der Waals surface area contributed by atoms with Crippen molar-refractivity contribution in [1.29, 1.82) is 0 Å². The Morgan fingerprint density at radius 2 is 1.19 bits per heavy atom. The zero-order chi connectivity index (χ0) is 34.7. The minimum absolute atomic E-state index is 0.0440. The van der Waals surface area contributed by atoms with Crippen LogP contribution in [0.3, 0.4) is 0 Å². The summed E-state index contributed by atoms with van der Waals surface area (Å²) in [5.41, 5.74) is 5.32. The van der Waals surface area contributed by atoms with Crippen molar-refractivity contribution in [1.82, 2.24) is 0 Å². The van der Waals surface area contributed by atoms with Crippen molar-refractivity contribution >= 4 is 19.8 Å². The molecule has 1 unspecified atom stereocenters. The third-order valence-corrected chi connectivity index (χ3v) is 8.30. The van der Waals surface area contributed by atoms with Gasteiger partial charge >= 0.3 is 19.8 Å². The molecule has 47 heavy (non-hydrogen) atoms. The van der Waals surface area contributed by atoms with Gasteiger partial charge in [-0.25, -0.2) is 4.57 Å². The molecule has 272 valence electrons. The molecule has 0 amide bonds. The van der Waals surface area contributed by atoms with Crippen molar-refractivity contribution in [2.75, 3.05) is 26.4 Å².